The third kappa shape index (κ3) is 2.30. The molecule has 0 spiro atoms. The minimum Gasteiger partial charge on any atom is -0.505 e. The molecular weight excluding hydrogens is 264 g/mol. The van der Waals surface area contributed by atoms with Gasteiger partial charge in [-0.05, 0) is 19.9 Å². The number of para-hydroxylation sites is 1. The molecule has 0 unspecified atom stereocenters. The van der Waals surface area contributed by atoms with Gasteiger partial charge in [-0.1, -0.05) is 6.07 Å². The number of benzene rings is 1. The summed E-state index contributed by atoms with van der Waals surface area (Å²) in [5.41, 5.74) is 0.693. The van der Waals surface area contributed by atoms with Gasteiger partial charge < -0.3 is 10.4 Å². The fraction of sp³-hybridized carbons (Fsp3) is 0.167. The van der Waals surface area contributed by atoms with Gasteiger partial charge in [-0.3, -0.25) is 20.0 Å². The predicted octanol–water partition coefficient (Wildman–Crippen LogP) is 1.89. The molecule has 0 radical (unpaired) electrons. The first kappa shape index (κ1) is 13.5. The average molecular weight is 276 g/mol. The molecule has 0 saturated carbocycles. The Kier molecular flexibility index (Phi) is 3.38. The summed E-state index contributed by atoms with van der Waals surface area (Å²) in [5, 5.41) is 29.5. The second kappa shape index (κ2) is 5.00. The van der Waals surface area contributed by atoms with E-state index in [1.54, 1.807) is 13.8 Å². The molecule has 8 nitrogen and oxygen atoms in total. The van der Waals surface area contributed by atoms with E-state index in [9.17, 15) is 20.0 Å². The zero-order chi connectivity index (χ0) is 14.9. The van der Waals surface area contributed by atoms with Crippen LogP contribution in [0.15, 0.2) is 18.2 Å². The molecule has 2 rings (SSSR count). The van der Waals surface area contributed by atoms with Crippen LogP contribution in [-0.2, 0) is 0 Å². The Labute approximate surface area is 113 Å². The normalized spacial score (nSPS) is 10.3. The van der Waals surface area contributed by atoms with Crippen LogP contribution in [0.4, 0.5) is 11.4 Å². The molecule has 1 amide bonds. The first-order valence-electron chi connectivity index (χ1n) is 5.71. The second-order valence-corrected chi connectivity index (χ2v) is 4.19. The molecule has 2 aromatic rings. The van der Waals surface area contributed by atoms with Crippen LogP contribution in [0.25, 0.3) is 0 Å². The number of hydrogen-bond acceptors (Lipinski definition) is 5. The number of aromatic hydroxyl groups is 1. The third-order valence-electron chi connectivity index (χ3n) is 2.81. The highest BCUT2D eigenvalue weighted by molar-refractivity contribution is 6.07. The molecule has 20 heavy (non-hydrogen) atoms. The summed E-state index contributed by atoms with van der Waals surface area (Å²) >= 11 is 0. The highest BCUT2D eigenvalue weighted by Gasteiger charge is 2.22. The van der Waals surface area contributed by atoms with Crippen LogP contribution in [0.1, 0.15) is 21.7 Å². The van der Waals surface area contributed by atoms with Gasteiger partial charge in [-0.2, -0.15) is 5.10 Å². The molecule has 104 valence electrons. The summed E-state index contributed by atoms with van der Waals surface area (Å²) in [6.45, 7) is 3.30. The molecule has 0 aliphatic heterocycles. The predicted molar refractivity (Wildman–Crippen MR) is 70.8 cm³/mol. The van der Waals surface area contributed by atoms with Gasteiger partial charge in [0.25, 0.3) is 11.6 Å². The van der Waals surface area contributed by atoms with Gasteiger partial charge in [0.15, 0.2) is 5.69 Å². The summed E-state index contributed by atoms with van der Waals surface area (Å²) < 4.78 is 0. The number of aromatic nitrogens is 2. The minimum atomic E-state index is -0.676. The van der Waals surface area contributed by atoms with E-state index in [-0.39, 0.29) is 17.1 Å². The topological polar surface area (TPSA) is 121 Å². The lowest BCUT2D eigenvalue weighted by molar-refractivity contribution is -0.384. The van der Waals surface area contributed by atoms with Crippen molar-refractivity contribution in [2.45, 2.75) is 13.8 Å². The van der Waals surface area contributed by atoms with Crippen LogP contribution in [0.2, 0.25) is 0 Å². The van der Waals surface area contributed by atoms with Gasteiger partial charge in [0.2, 0.25) is 0 Å². The maximum atomic E-state index is 12.1. The number of amides is 1. The van der Waals surface area contributed by atoms with E-state index < -0.39 is 10.8 Å². The van der Waals surface area contributed by atoms with Crippen molar-refractivity contribution < 1.29 is 14.8 Å². The number of nitrogens with one attached hydrogen (secondary N) is 2. The van der Waals surface area contributed by atoms with Crippen molar-refractivity contribution in [3.05, 3.63) is 45.3 Å². The summed E-state index contributed by atoms with van der Waals surface area (Å²) in [4.78, 5) is 22.4. The molecule has 3 N–H and O–H groups in total. The molecule has 0 saturated heterocycles. The summed E-state index contributed by atoms with van der Waals surface area (Å²) in [5.74, 6) is -0.940. The number of nitro groups is 1. The fourth-order valence-electron chi connectivity index (χ4n) is 1.87. The Hall–Kier alpha value is -2.90. The number of rotatable bonds is 3. The maximum absolute atomic E-state index is 12.1. The lowest BCUT2D eigenvalue weighted by atomic mass is 10.1. The molecular formula is C12H12N4O4. The zero-order valence-corrected chi connectivity index (χ0v) is 10.8. The van der Waals surface area contributed by atoms with E-state index in [1.807, 2.05) is 0 Å². The van der Waals surface area contributed by atoms with Crippen molar-refractivity contribution in [2.75, 3.05) is 5.32 Å². The monoisotopic (exact) mass is 276 g/mol. The number of H-pyrrole nitrogens is 1. The molecule has 1 aromatic heterocycles. The fourth-order valence-corrected chi connectivity index (χ4v) is 1.87. The highest BCUT2D eigenvalue weighted by atomic mass is 16.6. The van der Waals surface area contributed by atoms with Crippen molar-refractivity contribution in [2.24, 2.45) is 0 Å². The number of nitrogens with zero attached hydrogens (tertiary/aromatic N) is 2. The van der Waals surface area contributed by atoms with Crippen LogP contribution in [0.5, 0.6) is 5.75 Å². The molecule has 8 heteroatoms. The van der Waals surface area contributed by atoms with E-state index in [0.29, 0.717) is 17.0 Å². The molecule has 0 aliphatic rings. The first-order valence-corrected chi connectivity index (χ1v) is 5.71. The molecule has 1 aromatic carbocycles. The van der Waals surface area contributed by atoms with E-state index in [1.165, 1.54) is 18.2 Å². The number of phenolic OH excluding ortho intramolecular Hbond substituents is 1. The largest absolute Gasteiger partial charge is 0.505 e. The van der Waals surface area contributed by atoms with E-state index in [2.05, 4.69) is 15.5 Å². The number of carbonyl (C=O) groups is 1. The molecule has 1 heterocycles. The third-order valence-corrected chi connectivity index (χ3v) is 2.81. The number of phenols is 1. The summed E-state index contributed by atoms with van der Waals surface area (Å²) in [6, 6.07) is 3.79. The Morgan fingerprint density at radius 1 is 1.45 bits per heavy atom. The van der Waals surface area contributed by atoms with E-state index in [4.69, 9.17) is 0 Å². The van der Waals surface area contributed by atoms with Crippen molar-refractivity contribution in [1.29, 1.82) is 0 Å². The van der Waals surface area contributed by atoms with Crippen LogP contribution < -0.4 is 5.32 Å². The number of aromatic amines is 1. The zero-order valence-electron chi connectivity index (χ0n) is 10.8. The number of nitro benzene ring substituents is 1. The Balaban J connectivity index is 2.40. The summed E-state index contributed by atoms with van der Waals surface area (Å²) in [6.07, 6.45) is 0. The van der Waals surface area contributed by atoms with Gasteiger partial charge in [0, 0.05) is 11.8 Å². The standard InChI is InChI=1S/C12H12N4O4/c1-6-10(7(2)15-14-6)12(18)13-11-8(16(19)20)4-3-5-9(11)17/h3-5,17H,1-2H3,(H,13,18)(H,14,15). The van der Waals surface area contributed by atoms with Crippen molar-refractivity contribution in [3.8, 4) is 5.75 Å². The smallest absolute Gasteiger partial charge is 0.296 e. The van der Waals surface area contributed by atoms with Crippen molar-refractivity contribution in [3.63, 3.8) is 0 Å². The lowest BCUT2D eigenvalue weighted by Gasteiger charge is -2.07. The van der Waals surface area contributed by atoms with Crippen molar-refractivity contribution >= 4 is 17.3 Å². The van der Waals surface area contributed by atoms with Crippen LogP contribution in [0, 0.1) is 24.0 Å². The van der Waals surface area contributed by atoms with Crippen LogP contribution >= 0.6 is 0 Å². The highest BCUT2D eigenvalue weighted by Crippen LogP contribution is 2.33. The maximum Gasteiger partial charge on any atom is 0.296 e. The SMILES string of the molecule is Cc1n[nH]c(C)c1C(=O)Nc1c(O)cccc1[N+](=O)[O-]. The van der Waals surface area contributed by atoms with Crippen LogP contribution in [0.3, 0.4) is 0 Å². The van der Waals surface area contributed by atoms with Gasteiger partial charge in [-0.15, -0.1) is 0 Å². The molecule has 0 bridgehead atoms. The Morgan fingerprint density at radius 3 is 2.70 bits per heavy atom. The van der Waals surface area contributed by atoms with Gasteiger partial charge in [0.05, 0.1) is 16.2 Å². The van der Waals surface area contributed by atoms with E-state index in [0.717, 1.165) is 0 Å². The second-order valence-electron chi connectivity index (χ2n) is 4.19. The average Bonchev–Trinajstić information content (AvgIpc) is 2.71. The quantitative estimate of drug-likeness (QED) is 0.449. The van der Waals surface area contributed by atoms with Crippen LogP contribution in [-0.4, -0.2) is 26.1 Å². The lowest BCUT2D eigenvalue weighted by Crippen LogP contribution is -2.15. The number of carbonyl (C=O) groups excluding carboxylic acids is 1. The van der Waals surface area contributed by atoms with Gasteiger partial charge in [0.1, 0.15) is 5.75 Å². The molecule has 0 fully saturated rings. The van der Waals surface area contributed by atoms with Gasteiger partial charge in [-0.25, -0.2) is 0 Å². The first-order chi connectivity index (χ1) is 9.41. The van der Waals surface area contributed by atoms with E-state index >= 15 is 0 Å². The summed E-state index contributed by atoms with van der Waals surface area (Å²) in [7, 11) is 0. The van der Waals surface area contributed by atoms with Crippen molar-refractivity contribution in [1.82, 2.24) is 10.2 Å². The Bertz CT molecular complexity index is 673. The van der Waals surface area contributed by atoms with Gasteiger partial charge >= 0.3 is 0 Å². The number of anilines is 1. The number of hydrogen-bond donors (Lipinski definition) is 3. The number of aryl methyl sites for hydroxylation is 2. The molecule has 0 atom stereocenters. The minimum absolute atomic E-state index is 0.234. The Morgan fingerprint density at radius 2 is 2.15 bits per heavy atom. The molecule has 0 aliphatic carbocycles.